The van der Waals surface area contributed by atoms with E-state index < -0.39 is 27.5 Å². The van der Waals surface area contributed by atoms with E-state index in [0.29, 0.717) is 29.2 Å². The van der Waals surface area contributed by atoms with Crippen LogP contribution in [-0.2, 0) is 23.4 Å². The van der Waals surface area contributed by atoms with Gasteiger partial charge in [-0.05, 0) is 43.7 Å². The molecule has 1 aromatic carbocycles. The predicted molar refractivity (Wildman–Crippen MR) is 96.8 cm³/mol. The Morgan fingerprint density at radius 2 is 2.04 bits per heavy atom. The first kappa shape index (κ1) is 18.1. The molecule has 0 saturated heterocycles. The molecule has 144 valence electrons. The van der Waals surface area contributed by atoms with Crippen LogP contribution in [-0.4, -0.2) is 20.7 Å². The van der Waals surface area contributed by atoms with Crippen molar-refractivity contribution in [3.8, 4) is 0 Å². The van der Waals surface area contributed by atoms with Crippen molar-refractivity contribution in [2.45, 2.75) is 36.6 Å². The molecule has 1 saturated carbocycles. The minimum Gasteiger partial charge on any atom is -0.345 e. The number of halogens is 2. The van der Waals surface area contributed by atoms with Crippen LogP contribution in [0.2, 0.25) is 0 Å². The van der Waals surface area contributed by atoms with Crippen LogP contribution in [0.1, 0.15) is 35.3 Å². The Morgan fingerprint density at radius 3 is 2.70 bits per heavy atom. The SMILES string of the molecule is Cn1cc2c(c1C(=O)Nc1ccc(F)c(F)c1)CC[C@H](C1CC1)NS2(=N)=O. The lowest BCUT2D eigenvalue weighted by Crippen LogP contribution is -2.34. The molecule has 27 heavy (non-hydrogen) atoms. The highest BCUT2D eigenvalue weighted by Gasteiger charge is 2.37. The fourth-order valence-corrected chi connectivity index (χ4v) is 5.38. The number of amides is 1. The third kappa shape index (κ3) is 3.37. The van der Waals surface area contributed by atoms with Gasteiger partial charge in [0.25, 0.3) is 5.91 Å². The number of fused-ring (bicyclic) bond motifs is 1. The molecule has 1 unspecified atom stereocenters. The van der Waals surface area contributed by atoms with Crippen LogP contribution in [0, 0.1) is 22.3 Å². The van der Waals surface area contributed by atoms with Gasteiger partial charge in [-0.15, -0.1) is 0 Å². The first-order valence-corrected chi connectivity index (χ1v) is 10.3. The summed E-state index contributed by atoms with van der Waals surface area (Å²) in [6.07, 6.45) is 4.90. The van der Waals surface area contributed by atoms with Gasteiger partial charge in [0.15, 0.2) is 11.6 Å². The fourth-order valence-electron chi connectivity index (χ4n) is 3.66. The van der Waals surface area contributed by atoms with Crippen molar-refractivity contribution in [1.29, 1.82) is 4.78 Å². The minimum absolute atomic E-state index is 0.00908. The van der Waals surface area contributed by atoms with Crippen LogP contribution < -0.4 is 10.0 Å². The maximum atomic E-state index is 13.4. The van der Waals surface area contributed by atoms with Gasteiger partial charge in [0, 0.05) is 36.6 Å². The van der Waals surface area contributed by atoms with Crippen molar-refractivity contribution in [2.75, 3.05) is 5.32 Å². The molecule has 1 amide bonds. The quantitative estimate of drug-likeness (QED) is 0.747. The molecule has 2 atom stereocenters. The van der Waals surface area contributed by atoms with Crippen LogP contribution in [0.15, 0.2) is 29.3 Å². The lowest BCUT2D eigenvalue weighted by Gasteiger charge is -2.16. The van der Waals surface area contributed by atoms with E-state index in [1.165, 1.54) is 10.6 Å². The average Bonchev–Trinajstić information content (AvgIpc) is 3.38. The number of benzene rings is 1. The molecule has 0 bridgehead atoms. The van der Waals surface area contributed by atoms with Gasteiger partial charge in [0.1, 0.15) is 15.6 Å². The highest BCUT2D eigenvalue weighted by molar-refractivity contribution is 7.90. The molecule has 1 aromatic heterocycles. The second-order valence-corrected chi connectivity index (χ2v) is 8.96. The van der Waals surface area contributed by atoms with Crippen molar-refractivity contribution in [3.05, 3.63) is 47.3 Å². The number of rotatable bonds is 3. The Morgan fingerprint density at radius 1 is 1.30 bits per heavy atom. The molecule has 0 radical (unpaired) electrons. The summed E-state index contributed by atoms with van der Waals surface area (Å²) in [5, 5.41) is 2.56. The average molecular weight is 394 g/mol. The summed E-state index contributed by atoms with van der Waals surface area (Å²) < 4.78 is 52.2. The van der Waals surface area contributed by atoms with Crippen LogP contribution in [0.5, 0.6) is 0 Å². The van der Waals surface area contributed by atoms with Crippen molar-refractivity contribution < 1.29 is 17.8 Å². The largest absolute Gasteiger partial charge is 0.345 e. The Balaban J connectivity index is 1.67. The number of aromatic nitrogens is 1. The van der Waals surface area contributed by atoms with E-state index in [-0.39, 0.29) is 17.4 Å². The van der Waals surface area contributed by atoms with Gasteiger partial charge in [0.2, 0.25) is 0 Å². The molecule has 1 aliphatic carbocycles. The van der Waals surface area contributed by atoms with Crippen molar-refractivity contribution >= 4 is 21.5 Å². The molecule has 0 spiro atoms. The number of carbonyl (C=O) groups excluding carboxylic acids is 1. The second kappa shape index (κ2) is 6.42. The maximum absolute atomic E-state index is 13.4. The molecule has 4 rings (SSSR count). The van der Waals surface area contributed by atoms with Gasteiger partial charge in [-0.25, -0.2) is 22.5 Å². The summed E-state index contributed by atoms with van der Waals surface area (Å²) >= 11 is 0. The minimum atomic E-state index is -3.21. The standard InChI is InChI=1S/C18H20F2N4O2S/c1-24-9-16-12(5-7-15(10-2-3-10)23-27(16,21)26)17(24)18(25)22-11-4-6-13(19)14(20)8-11/h4,6,8-10,15H,2-3,5,7H2,1H3,(H,22,25)(H2,21,23,26)/t15-,27?/m1/s1. The Labute approximate surface area is 156 Å². The molecule has 6 nitrogen and oxygen atoms in total. The third-order valence-corrected chi connectivity index (χ3v) is 6.77. The second-order valence-electron chi connectivity index (χ2n) is 7.17. The smallest absolute Gasteiger partial charge is 0.272 e. The first-order valence-electron chi connectivity index (χ1n) is 8.77. The van der Waals surface area contributed by atoms with E-state index in [4.69, 9.17) is 4.78 Å². The zero-order valence-corrected chi connectivity index (χ0v) is 15.5. The zero-order valence-electron chi connectivity index (χ0n) is 14.7. The van der Waals surface area contributed by atoms with Gasteiger partial charge >= 0.3 is 0 Å². The molecule has 9 heteroatoms. The summed E-state index contributed by atoms with van der Waals surface area (Å²) in [6, 6.07) is 3.13. The topological polar surface area (TPSA) is 87.0 Å². The Bertz CT molecular complexity index is 1030. The first-order chi connectivity index (χ1) is 12.8. The number of nitrogens with zero attached hydrogens (tertiary/aromatic N) is 1. The van der Waals surface area contributed by atoms with Gasteiger partial charge in [0.05, 0.1) is 4.90 Å². The van der Waals surface area contributed by atoms with Crippen LogP contribution in [0.25, 0.3) is 0 Å². The lowest BCUT2D eigenvalue weighted by molar-refractivity contribution is 0.101. The molecular weight excluding hydrogens is 374 g/mol. The lowest BCUT2D eigenvalue weighted by atomic mass is 10.0. The molecule has 1 fully saturated rings. The number of hydrogen-bond acceptors (Lipinski definition) is 3. The molecule has 2 aliphatic rings. The monoisotopic (exact) mass is 394 g/mol. The van der Waals surface area contributed by atoms with E-state index in [0.717, 1.165) is 25.0 Å². The summed E-state index contributed by atoms with van der Waals surface area (Å²) in [5.74, 6) is -2.12. The van der Waals surface area contributed by atoms with Crippen molar-refractivity contribution in [1.82, 2.24) is 9.29 Å². The summed E-state index contributed by atoms with van der Waals surface area (Å²) in [4.78, 5) is 13.1. The number of aryl methyl sites for hydroxylation is 1. The molecule has 2 aromatic rings. The fraction of sp³-hybridized carbons (Fsp3) is 0.389. The van der Waals surface area contributed by atoms with Crippen molar-refractivity contribution in [3.63, 3.8) is 0 Å². The molecular formula is C18H20F2N4O2S. The van der Waals surface area contributed by atoms with E-state index >= 15 is 0 Å². The highest BCUT2D eigenvalue weighted by atomic mass is 32.2. The third-order valence-electron chi connectivity index (χ3n) is 5.16. The van der Waals surface area contributed by atoms with Gasteiger partial charge in [-0.2, -0.15) is 0 Å². The predicted octanol–water partition coefficient (Wildman–Crippen LogP) is 3.19. The summed E-state index contributed by atoms with van der Waals surface area (Å²) in [5.41, 5.74) is 0.990. The van der Waals surface area contributed by atoms with Crippen LogP contribution >= 0.6 is 0 Å². The van der Waals surface area contributed by atoms with Crippen LogP contribution in [0.3, 0.4) is 0 Å². The van der Waals surface area contributed by atoms with Gasteiger partial charge < -0.3 is 9.88 Å². The van der Waals surface area contributed by atoms with E-state index in [2.05, 4.69) is 10.0 Å². The molecule has 2 heterocycles. The highest BCUT2D eigenvalue weighted by Crippen LogP contribution is 2.38. The maximum Gasteiger partial charge on any atom is 0.272 e. The molecule has 1 aliphatic heterocycles. The summed E-state index contributed by atoms with van der Waals surface area (Å²) in [7, 11) is -1.57. The number of anilines is 1. The van der Waals surface area contributed by atoms with Crippen LogP contribution in [0.4, 0.5) is 14.5 Å². The number of nitrogens with one attached hydrogen (secondary N) is 3. The number of hydrogen-bond donors (Lipinski definition) is 3. The summed E-state index contributed by atoms with van der Waals surface area (Å²) in [6.45, 7) is 0. The molecule has 3 N–H and O–H groups in total. The van der Waals surface area contributed by atoms with E-state index in [1.807, 2.05) is 0 Å². The Kier molecular flexibility index (Phi) is 4.31. The Hall–Kier alpha value is -2.26. The normalized spacial score (nSPS) is 24.9. The van der Waals surface area contributed by atoms with E-state index in [9.17, 15) is 17.8 Å². The van der Waals surface area contributed by atoms with Gasteiger partial charge in [-0.3, -0.25) is 4.79 Å². The van der Waals surface area contributed by atoms with E-state index in [1.54, 1.807) is 13.2 Å². The van der Waals surface area contributed by atoms with Crippen molar-refractivity contribution in [2.24, 2.45) is 13.0 Å². The van der Waals surface area contributed by atoms with Gasteiger partial charge in [-0.1, -0.05) is 0 Å². The number of carbonyl (C=O) groups is 1. The zero-order chi connectivity index (χ0) is 19.3.